The average Bonchev–Trinajstić information content (AvgIpc) is 3.02. The summed E-state index contributed by atoms with van der Waals surface area (Å²) in [6.07, 6.45) is 7.00. The lowest BCUT2D eigenvalue weighted by Crippen LogP contribution is -2.51. The number of amides is 2. The summed E-state index contributed by atoms with van der Waals surface area (Å²) < 4.78 is 5.61. The molecule has 8 nitrogen and oxygen atoms in total. The van der Waals surface area contributed by atoms with Gasteiger partial charge in [0.2, 0.25) is 5.91 Å². The highest BCUT2D eigenvalue weighted by atomic mass is 16.5. The number of carbonyl (C=O) groups excluding carboxylic acids is 2. The number of hydrogen-bond acceptors (Lipinski definition) is 6. The predicted octanol–water partition coefficient (Wildman–Crippen LogP) is 5.25. The van der Waals surface area contributed by atoms with Crippen LogP contribution in [0.2, 0.25) is 0 Å². The van der Waals surface area contributed by atoms with Crippen LogP contribution in [0.15, 0.2) is 42.5 Å². The van der Waals surface area contributed by atoms with Gasteiger partial charge in [0.05, 0.1) is 23.8 Å². The molecule has 232 valence electrons. The number of nitrogens with one attached hydrogen (secondary N) is 2. The van der Waals surface area contributed by atoms with Gasteiger partial charge in [0.1, 0.15) is 5.75 Å². The van der Waals surface area contributed by atoms with Crippen molar-refractivity contribution in [1.29, 1.82) is 0 Å². The molecular formula is C35H49N5O3. The standard InChI is InChI=1S/C35H49N5O3/c1-4-38(5-2)13-12-36-33(41)29-21-28(37-34(42)35-22-25-18-26(23-35)20-27(19-25)24-35)10-11-30(29)39-14-16-40(17-15-39)31-8-6-7-9-32(31)43-3/h6-11,21,25-27H,4-5,12-20,22-24H2,1-3H3,(H,36,41)(H,37,42). The number of hydrogen-bond donors (Lipinski definition) is 2. The molecule has 8 heteroatoms. The van der Waals surface area contributed by atoms with Crippen LogP contribution in [0.1, 0.15) is 62.7 Å². The summed E-state index contributed by atoms with van der Waals surface area (Å²) >= 11 is 0. The smallest absolute Gasteiger partial charge is 0.253 e. The SMILES string of the molecule is CCN(CC)CCNC(=O)c1cc(NC(=O)C23CC4CC(CC(C4)C2)C3)ccc1N1CCN(c2ccccc2OC)CC1. The molecule has 4 saturated carbocycles. The summed E-state index contributed by atoms with van der Waals surface area (Å²) in [6.45, 7) is 10.8. The van der Waals surface area contributed by atoms with Crippen molar-refractivity contribution < 1.29 is 14.3 Å². The van der Waals surface area contributed by atoms with Gasteiger partial charge in [-0.3, -0.25) is 9.59 Å². The molecule has 0 atom stereocenters. The molecule has 0 aromatic heterocycles. The second kappa shape index (κ2) is 12.8. The molecule has 4 aliphatic carbocycles. The molecule has 2 amide bonds. The molecule has 5 fully saturated rings. The molecule has 2 aromatic carbocycles. The Hall–Kier alpha value is -3.26. The first-order valence-electron chi connectivity index (χ1n) is 16.5. The van der Waals surface area contributed by atoms with E-state index in [4.69, 9.17) is 4.74 Å². The highest BCUT2D eigenvalue weighted by Gasteiger charge is 2.54. The molecular weight excluding hydrogens is 538 g/mol. The van der Waals surface area contributed by atoms with E-state index >= 15 is 0 Å². The van der Waals surface area contributed by atoms with Gasteiger partial charge in [0, 0.05) is 50.6 Å². The minimum absolute atomic E-state index is 0.0831. The number of nitrogens with zero attached hydrogens (tertiary/aromatic N) is 3. The number of piperazine rings is 1. The largest absolute Gasteiger partial charge is 0.495 e. The molecule has 4 bridgehead atoms. The molecule has 0 unspecified atom stereocenters. The molecule has 7 rings (SSSR count). The minimum Gasteiger partial charge on any atom is -0.495 e. The second-order valence-corrected chi connectivity index (χ2v) is 13.3. The Balaban J connectivity index is 1.19. The minimum atomic E-state index is -0.228. The van der Waals surface area contributed by atoms with Crippen LogP contribution in [0.4, 0.5) is 17.1 Å². The Morgan fingerprint density at radius 3 is 2.09 bits per heavy atom. The Labute approximate surface area is 257 Å². The van der Waals surface area contributed by atoms with E-state index < -0.39 is 0 Å². The van der Waals surface area contributed by atoms with Crippen LogP contribution < -0.4 is 25.2 Å². The van der Waals surface area contributed by atoms with Crippen molar-refractivity contribution in [2.24, 2.45) is 23.2 Å². The quantitative estimate of drug-likeness (QED) is 0.374. The van der Waals surface area contributed by atoms with Gasteiger partial charge in [-0.15, -0.1) is 0 Å². The number of para-hydroxylation sites is 2. The van der Waals surface area contributed by atoms with Gasteiger partial charge in [-0.2, -0.15) is 0 Å². The van der Waals surface area contributed by atoms with E-state index in [1.165, 1.54) is 19.3 Å². The Kier molecular flexibility index (Phi) is 8.85. The second-order valence-electron chi connectivity index (χ2n) is 13.3. The van der Waals surface area contributed by atoms with Crippen molar-refractivity contribution in [3.05, 3.63) is 48.0 Å². The van der Waals surface area contributed by atoms with Gasteiger partial charge in [-0.1, -0.05) is 26.0 Å². The highest BCUT2D eigenvalue weighted by Crippen LogP contribution is 2.60. The van der Waals surface area contributed by atoms with E-state index in [9.17, 15) is 9.59 Å². The third kappa shape index (κ3) is 6.21. The van der Waals surface area contributed by atoms with E-state index in [-0.39, 0.29) is 17.2 Å². The Bertz CT molecular complexity index is 1260. The fourth-order valence-corrected chi connectivity index (χ4v) is 8.77. The number of likely N-dealkylation sites (N-methyl/N-ethyl adjacent to an activating group) is 1. The third-order valence-corrected chi connectivity index (χ3v) is 10.7. The van der Waals surface area contributed by atoms with E-state index in [1.807, 2.05) is 36.4 Å². The zero-order chi connectivity index (χ0) is 30.0. The maximum atomic E-state index is 13.8. The van der Waals surface area contributed by atoms with E-state index in [0.717, 1.165) is 87.9 Å². The summed E-state index contributed by atoms with van der Waals surface area (Å²) in [7, 11) is 1.71. The Morgan fingerprint density at radius 2 is 1.49 bits per heavy atom. The predicted molar refractivity (Wildman–Crippen MR) is 173 cm³/mol. The van der Waals surface area contributed by atoms with Crippen molar-refractivity contribution in [3.63, 3.8) is 0 Å². The van der Waals surface area contributed by atoms with E-state index in [0.29, 0.717) is 29.9 Å². The zero-order valence-electron chi connectivity index (χ0n) is 26.2. The van der Waals surface area contributed by atoms with E-state index in [1.54, 1.807) is 7.11 Å². The van der Waals surface area contributed by atoms with Crippen LogP contribution in [-0.4, -0.2) is 76.2 Å². The topological polar surface area (TPSA) is 77.2 Å². The van der Waals surface area contributed by atoms with Gasteiger partial charge < -0.3 is 30.1 Å². The fourth-order valence-electron chi connectivity index (χ4n) is 8.77. The number of rotatable bonds is 11. The zero-order valence-corrected chi connectivity index (χ0v) is 26.2. The van der Waals surface area contributed by atoms with Gasteiger partial charge in [0.15, 0.2) is 0 Å². The molecule has 5 aliphatic rings. The first-order valence-corrected chi connectivity index (χ1v) is 16.5. The molecule has 1 aliphatic heterocycles. The molecule has 1 saturated heterocycles. The first-order chi connectivity index (χ1) is 20.9. The number of ether oxygens (including phenoxy) is 1. The van der Waals surface area contributed by atoms with Crippen LogP contribution in [0.3, 0.4) is 0 Å². The maximum absolute atomic E-state index is 13.8. The summed E-state index contributed by atoms with van der Waals surface area (Å²) in [6, 6.07) is 14.1. The van der Waals surface area contributed by atoms with Gasteiger partial charge in [-0.25, -0.2) is 0 Å². The molecule has 1 heterocycles. The third-order valence-electron chi connectivity index (χ3n) is 10.7. The lowest BCUT2D eigenvalue weighted by atomic mass is 9.49. The summed E-state index contributed by atoms with van der Waals surface area (Å²) in [5.41, 5.74) is 3.16. The maximum Gasteiger partial charge on any atom is 0.253 e. The molecule has 2 N–H and O–H groups in total. The fraction of sp³-hybridized carbons (Fsp3) is 0.600. The van der Waals surface area contributed by atoms with Gasteiger partial charge >= 0.3 is 0 Å². The van der Waals surface area contributed by atoms with Crippen LogP contribution in [0.5, 0.6) is 5.75 Å². The number of methoxy groups -OCH3 is 1. The normalized spacial score (nSPS) is 26.1. The van der Waals surface area contributed by atoms with Crippen molar-refractivity contribution in [2.45, 2.75) is 52.4 Å². The Morgan fingerprint density at radius 1 is 0.884 bits per heavy atom. The van der Waals surface area contributed by atoms with Crippen molar-refractivity contribution >= 4 is 28.9 Å². The van der Waals surface area contributed by atoms with Crippen LogP contribution >= 0.6 is 0 Å². The molecule has 0 radical (unpaired) electrons. The van der Waals surface area contributed by atoms with Gasteiger partial charge in [-0.05, 0) is 99.7 Å². The summed E-state index contributed by atoms with van der Waals surface area (Å²) in [5.74, 6) is 3.09. The summed E-state index contributed by atoms with van der Waals surface area (Å²) in [5, 5.41) is 6.46. The molecule has 2 aromatic rings. The molecule has 43 heavy (non-hydrogen) atoms. The van der Waals surface area contributed by atoms with Crippen LogP contribution in [-0.2, 0) is 4.79 Å². The van der Waals surface area contributed by atoms with Crippen molar-refractivity contribution in [1.82, 2.24) is 10.2 Å². The lowest BCUT2D eigenvalue weighted by molar-refractivity contribution is -0.140. The van der Waals surface area contributed by atoms with Crippen molar-refractivity contribution in [3.8, 4) is 5.75 Å². The van der Waals surface area contributed by atoms with E-state index in [2.05, 4.69) is 45.2 Å². The van der Waals surface area contributed by atoms with Gasteiger partial charge in [0.25, 0.3) is 5.91 Å². The number of anilines is 3. The highest BCUT2D eigenvalue weighted by molar-refractivity contribution is 6.03. The van der Waals surface area contributed by atoms with Crippen LogP contribution in [0, 0.1) is 23.2 Å². The lowest BCUT2D eigenvalue weighted by Gasteiger charge is -2.55. The summed E-state index contributed by atoms with van der Waals surface area (Å²) in [4.78, 5) is 34.5. The van der Waals surface area contributed by atoms with Crippen LogP contribution in [0.25, 0.3) is 0 Å². The number of benzene rings is 2. The average molecular weight is 588 g/mol. The van der Waals surface area contributed by atoms with Crippen molar-refractivity contribution in [2.75, 3.05) is 74.6 Å². The molecule has 0 spiro atoms. The monoisotopic (exact) mass is 587 g/mol. The number of carbonyl (C=O) groups is 2. The first kappa shape index (κ1) is 29.8.